The van der Waals surface area contributed by atoms with Gasteiger partial charge in [0.05, 0.1) is 30.6 Å². The molecule has 1 aliphatic rings. The lowest BCUT2D eigenvalue weighted by atomic mass is 9.95. The summed E-state index contributed by atoms with van der Waals surface area (Å²) in [6.07, 6.45) is 1.77. The van der Waals surface area contributed by atoms with Gasteiger partial charge in [0.25, 0.3) is 0 Å². The largest absolute Gasteiger partial charge is 0.394 e. The molecule has 0 aliphatic carbocycles. The van der Waals surface area contributed by atoms with Crippen LogP contribution in [0.5, 0.6) is 0 Å². The zero-order valence-electron chi connectivity index (χ0n) is 14.3. The number of hydrogen-bond acceptors (Lipinski definition) is 4. The van der Waals surface area contributed by atoms with Crippen molar-refractivity contribution in [2.24, 2.45) is 0 Å². The number of benzene rings is 1. The Kier molecular flexibility index (Phi) is 5.33. The van der Waals surface area contributed by atoms with Crippen molar-refractivity contribution in [1.82, 2.24) is 10.2 Å². The summed E-state index contributed by atoms with van der Waals surface area (Å²) in [6, 6.07) is 8.54. The summed E-state index contributed by atoms with van der Waals surface area (Å²) in [4.78, 5) is 0. The molecule has 0 spiro atoms. The fraction of sp³-hybridized carbons (Fsp3) is 0.526. The Morgan fingerprint density at radius 3 is 2.58 bits per heavy atom. The SMILES string of the molecule is Cc1ccc(Cc2c(C[C@H]3C[C@@H](O)C[C@@H](CO)O3)n[nH]c2C)cc1. The van der Waals surface area contributed by atoms with Crippen LogP contribution in [0, 0.1) is 13.8 Å². The van der Waals surface area contributed by atoms with Crippen LogP contribution in [-0.4, -0.2) is 45.3 Å². The predicted molar refractivity (Wildman–Crippen MR) is 92.0 cm³/mol. The molecule has 1 aliphatic heterocycles. The van der Waals surface area contributed by atoms with Gasteiger partial charge in [-0.1, -0.05) is 29.8 Å². The lowest BCUT2D eigenvalue weighted by Crippen LogP contribution is -2.38. The first kappa shape index (κ1) is 17.1. The van der Waals surface area contributed by atoms with Crippen LogP contribution in [0.4, 0.5) is 0 Å². The number of aromatic nitrogens is 2. The maximum atomic E-state index is 9.98. The summed E-state index contributed by atoms with van der Waals surface area (Å²) >= 11 is 0. The highest BCUT2D eigenvalue weighted by Gasteiger charge is 2.29. The maximum Gasteiger partial charge on any atom is 0.0834 e. The van der Waals surface area contributed by atoms with Gasteiger partial charge in [0.2, 0.25) is 0 Å². The van der Waals surface area contributed by atoms with Crippen LogP contribution in [0.3, 0.4) is 0 Å². The average Bonchev–Trinajstić information content (AvgIpc) is 2.89. The molecule has 0 unspecified atom stereocenters. The van der Waals surface area contributed by atoms with E-state index in [1.165, 1.54) is 16.7 Å². The van der Waals surface area contributed by atoms with Crippen LogP contribution in [-0.2, 0) is 17.6 Å². The third-order valence-electron chi connectivity index (χ3n) is 4.74. The number of H-pyrrole nitrogens is 1. The number of aromatic amines is 1. The molecule has 0 radical (unpaired) electrons. The van der Waals surface area contributed by atoms with E-state index in [2.05, 4.69) is 41.4 Å². The van der Waals surface area contributed by atoms with Gasteiger partial charge in [-0.15, -0.1) is 0 Å². The number of aliphatic hydroxyl groups excluding tert-OH is 2. The lowest BCUT2D eigenvalue weighted by molar-refractivity contribution is -0.111. The summed E-state index contributed by atoms with van der Waals surface area (Å²) < 4.78 is 5.88. The lowest BCUT2D eigenvalue weighted by Gasteiger charge is -2.32. The molecule has 1 aromatic carbocycles. The van der Waals surface area contributed by atoms with E-state index in [0.29, 0.717) is 19.3 Å². The van der Waals surface area contributed by atoms with Crippen molar-refractivity contribution in [3.05, 3.63) is 52.3 Å². The molecule has 0 saturated carbocycles. The molecule has 5 nitrogen and oxygen atoms in total. The van der Waals surface area contributed by atoms with E-state index in [-0.39, 0.29) is 18.8 Å². The summed E-state index contributed by atoms with van der Waals surface area (Å²) in [5.74, 6) is 0. The van der Waals surface area contributed by atoms with E-state index in [4.69, 9.17) is 4.74 Å². The number of hydrogen-bond donors (Lipinski definition) is 3. The van der Waals surface area contributed by atoms with Crippen LogP contribution in [0.1, 0.15) is 40.9 Å². The van der Waals surface area contributed by atoms with Crippen molar-refractivity contribution >= 4 is 0 Å². The molecular formula is C19H26N2O3. The Morgan fingerprint density at radius 1 is 1.17 bits per heavy atom. The molecule has 2 aromatic rings. The zero-order valence-corrected chi connectivity index (χ0v) is 14.3. The van der Waals surface area contributed by atoms with Gasteiger partial charge in [0.15, 0.2) is 0 Å². The fourth-order valence-electron chi connectivity index (χ4n) is 3.37. The molecule has 130 valence electrons. The molecule has 1 aromatic heterocycles. The highest BCUT2D eigenvalue weighted by Crippen LogP contribution is 2.25. The van der Waals surface area contributed by atoms with Gasteiger partial charge in [-0.3, -0.25) is 5.10 Å². The Bertz CT molecular complexity index is 666. The Hall–Kier alpha value is -1.69. The predicted octanol–water partition coefficient (Wildman–Crippen LogP) is 2.06. The van der Waals surface area contributed by atoms with Crippen molar-refractivity contribution in [2.75, 3.05) is 6.61 Å². The maximum absolute atomic E-state index is 9.98. The van der Waals surface area contributed by atoms with Gasteiger partial charge in [0, 0.05) is 30.5 Å². The van der Waals surface area contributed by atoms with Crippen molar-refractivity contribution < 1.29 is 14.9 Å². The molecule has 0 amide bonds. The van der Waals surface area contributed by atoms with E-state index in [0.717, 1.165) is 17.8 Å². The van der Waals surface area contributed by atoms with E-state index in [1.54, 1.807) is 0 Å². The van der Waals surface area contributed by atoms with E-state index in [9.17, 15) is 10.2 Å². The molecular weight excluding hydrogens is 304 g/mol. The smallest absolute Gasteiger partial charge is 0.0834 e. The number of aliphatic hydroxyl groups is 2. The average molecular weight is 330 g/mol. The number of ether oxygens (including phenoxy) is 1. The minimum absolute atomic E-state index is 0.0522. The number of aryl methyl sites for hydroxylation is 2. The first-order valence-electron chi connectivity index (χ1n) is 8.57. The summed E-state index contributed by atoms with van der Waals surface area (Å²) in [7, 11) is 0. The first-order chi connectivity index (χ1) is 11.5. The zero-order chi connectivity index (χ0) is 17.1. The molecule has 0 bridgehead atoms. The van der Waals surface area contributed by atoms with Crippen LogP contribution in [0.2, 0.25) is 0 Å². The second-order valence-corrected chi connectivity index (χ2v) is 6.83. The van der Waals surface area contributed by atoms with Crippen LogP contribution < -0.4 is 0 Å². The number of nitrogens with zero attached hydrogens (tertiary/aromatic N) is 1. The van der Waals surface area contributed by atoms with Crippen LogP contribution in [0.15, 0.2) is 24.3 Å². The van der Waals surface area contributed by atoms with Gasteiger partial charge in [-0.2, -0.15) is 5.10 Å². The third kappa shape index (κ3) is 4.04. The van der Waals surface area contributed by atoms with Crippen molar-refractivity contribution in [3.63, 3.8) is 0 Å². The van der Waals surface area contributed by atoms with Gasteiger partial charge in [-0.05, 0) is 25.8 Å². The highest BCUT2D eigenvalue weighted by molar-refractivity contribution is 5.33. The van der Waals surface area contributed by atoms with Crippen molar-refractivity contribution in [3.8, 4) is 0 Å². The molecule has 3 atom stereocenters. The molecule has 1 fully saturated rings. The first-order valence-corrected chi connectivity index (χ1v) is 8.57. The highest BCUT2D eigenvalue weighted by atomic mass is 16.5. The third-order valence-corrected chi connectivity index (χ3v) is 4.74. The van der Waals surface area contributed by atoms with Gasteiger partial charge >= 0.3 is 0 Å². The minimum atomic E-state index is -0.415. The van der Waals surface area contributed by atoms with Gasteiger partial charge < -0.3 is 14.9 Å². The van der Waals surface area contributed by atoms with Crippen LogP contribution in [0.25, 0.3) is 0 Å². The normalized spacial score (nSPS) is 24.2. The van der Waals surface area contributed by atoms with Crippen molar-refractivity contribution in [2.45, 2.75) is 57.8 Å². The molecule has 1 saturated heterocycles. The number of rotatable bonds is 5. The van der Waals surface area contributed by atoms with Gasteiger partial charge in [0.1, 0.15) is 0 Å². The monoisotopic (exact) mass is 330 g/mol. The molecule has 3 rings (SSSR count). The molecule has 3 N–H and O–H groups in total. The number of nitrogens with one attached hydrogen (secondary N) is 1. The fourth-order valence-corrected chi connectivity index (χ4v) is 3.37. The minimum Gasteiger partial charge on any atom is -0.394 e. The van der Waals surface area contributed by atoms with E-state index in [1.807, 2.05) is 6.92 Å². The standard InChI is InChI=1S/C19H26N2O3/c1-12-3-5-14(6-4-12)7-18-13(2)20-21-19(18)10-16-8-15(23)9-17(11-22)24-16/h3-6,15-17,22-23H,7-11H2,1-2H3,(H,20,21)/t15-,16-,17+/m1/s1. The summed E-state index contributed by atoms with van der Waals surface area (Å²) in [5, 5.41) is 26.8. The van der Waals surface area contributed by atoms with E-state index >= 15 is 0 Å². The molecule has 5 heteroatoms. The summed E-state index contributed by atoms with van der Waals surface area (Å²) in [5.41, 5.74) is 5.76. The Labute approximate surface area is 142 Å². The molecule has 24 heavy (non-hydrogen) atoms. The van der Waals surface area contributed by atoms with Gasteiger partial charge in [-0.25, -0.2) is 0 Å². The second kappa shape index (κ2) is 7.47. The Morgan fingerprint density at radius 2 is 1.88 bits per heavy atom. The van der Waals surface area contributed by atoms with Crippen LogP contribution >= 0.6 is 0 Å². The van der Waals surface area contributed by atoms with Crippen molar-refractivity contribution in [1.29, 1.82) is 0 Å². The quantitative estimate of drug-likeness (QED) is 0.784. The Balaban J connectivity index is 1.73. The summed E-state index contributed by atoms with van der Waals surface area (Å²) in [6.45, 7) is 4.07. The van der Waals surface area contributed by atoms with E-state index < -0.39 is 6.10 Å². The second-order valence-electron chi connectivity index (χ2n) is 6.83. The molecule has 2 heterocycles. The topological polar surface area (TPSA) is 78.4 Å².